The molecule has 1 heterocycles. The van der Waals surface area contributed by atoms with Crippen LogP contribution < -0.4 is 21.7 Å². The number of rotatable bonds is 8. The average Bonchev–Trinajstić information content (AvgIpc) is 2.72. The first-order chi connectivity index (χ1) is 14.8. The summed E-state index contributed by atoms with van der Waals surface area (Å²) in [7, 11) is 0. The normalized spacial score (nSPS) is 19.1. The van der Waals surface area contributed by atoms with Gasteiger partial charge < -0.3 is 21.7 Å². The summed E-state index contributed by atoms with van der Waals surface area (Å²) in [5.41, 5.74) is 7.15. The van der Waals surface area contributed by atoms with Crippen LogP contribution in [0.3, 0.4) is 0 Å². The van der Waals surface area contributed by atoms with Gasteiger partial charge >= 0.3 is 0 Å². The Morgan fingerprint density at radius 1 is 0.968 bits per heavy atom. The second kappa shape index (κ2) is 10.2. The third-order valence-corrected chi connectivity index (χ3v) is 5.44. The summed E-state index contributed by atoms with van der Waals surface area (Å²) in [5.74, 6) is -2.05. The number of nitrogens with two attached hydrogens (primary N) is 1. The standard InChI is InChI=1S/C22H23BrN4O4/c23-15-8-4-7-14(9-15)11-16(20(24)29)25-19(28)12-18-22(31)26-17(21(30)27-18)10-13-5-2-1-3-6-13/h1-9,16-18H,10-12H2,(H2,24,29)(H,25,28)(H,26,31)(H,27,30)/t16-,17+,18+/m1/s1. The van der Waals surface area contributed by atoms with Gasteiger partial charge in [0.1, 0.15) is 18.1 Å². The lowest BCUT2D eigenvalue weighted by Gasteiger charge is -2.29. The molecule has 9 heteroatoms. The minimum atomic E-state index is -1.01. The first kappa shape index (κ1) is 22.5. The second-order valence-corrected chi connectivity index (χ2v) is 8.29. The molecule has 2 aromatic carbocycles. The van der Waals surface area contributed by atoms with E-state index in [9.17, 15) is 19.2 Å². The van der Waals surface area contributed by atoms with Gasteiger partial charge in [0.15, 0.2) is 0 Å². The van der Waals surface area contributed by atoms with Crippen LogP contribution >= 0.6 is 15.9 Å². The lowest BCUT2D eigenvalue weighted by Crippen LogP contribution is -2.63. The molecule has 0 aromatic heterocycles. The Kier molecular flexibility index (Phi) is 7.41. The van der Waals surface area contributed by atoms with Gasteiger partial charge in [0.25, 0.3) is 0 Å². The fourth-order valence-corrected chi connectivity index (χ4v) is 3.82. The highest BCUT2D eigenvalue weighted by molar-refractivity contribution is 9.10. The number of piperazine rings is 1. The van der Waals surface area contributed by atoms with E-state index in [1.807, 2.05) is 54.6 Å². The van der Waals surface area contributed by atoms with Crippen molar-refractivity contribution in [1.29, 1.82) is 0 Å². The molecule has 0 spiro atoms. The number of carbonyl (C=O) groups excluding carboxylic acids is 4. The Hall–Kier alpha value is -3.20. The summed E-state index contributed by atoms with van der Waals surface area (Å²) in [6, 6.07) is 14.0. The number of halogens is 1. The van der Waals surface area contributed by atoms with Crippen LogP contribution in [0.15, 0.2) is 59.1 Å². The lowest BCUT2D eigenvalue weighted by atomic mass is 10.0. The molecule has 31 heavy (non-hydrogen) atoms. The first-order valence-corrected chi connectivity index (χ1v) is 10.6. The minimum absolute atomic E-state index is 0.211. The highest BCUT2D eigenvalue weighted by Gasteiger charge is 2.35. The highest BCUT2D eigenvalue weighted by atomic mass is 79.9. The Morgan fingerprint density at radius 3 is 2.29 bits per heavy atom. The van der Waals surface area contributed by atoms with Crippen LogP contribution in [0.25, 0.3) is 0 Å². The van der Waals surface area contributed by atoms with Crippen LogP contribution in [0.4, 0.5) is 0 Å². The van der Waals surface area contributed by atoms with E-state index in [1.165, 1.54) is 0 Å². The van der Waals surface area contributed by atoms with Gasteiger partial charge in [0.05, 0.1) is 6.42 Å². The molecule has 1 aliphatic rings. The van der Waals surface area contributed by atoms with Gasteiger partial charge in [-0.25, -0.2) is 0 Å². The van der Waals surface area contributed by atoms with Crippen molar-refractivity contribution in [1.82, 2.24) is 16.0 Å². The van der Waals surface area contributed by atoms with Gasteiger partial charge in [0.2, 0.25) is 23.6 Å². The topological polar surface area (TPSA) is 130 Å². The van der Waals surface area contributed by atoms with Crippen LogP contribution in [0.2, 0.25) is 0 Å². The Balaban J connectivity index is 1.56. The fourth-order valence-electron chi connectivity index (χ4n) is 3.37. The third kappa shape index (κ3) is 6.39. The van der Waals surface area contributed by atoms with Crippen molar-refractivity contribution in [3.05, 3.63) is 70.2 Å². The number of hydrogen-bond acceptors (Lipinski definition) is 4. The van der Waals surface area contributed by atoms with Crippen molar-refractivity contribution in [2.75, 3.05) is 0 Å². The zero-order valence-corrected chi connectivity index (χ0v) is 18.2. The van der Waals surface area contributed by atoms with E-state index >= 15 is 0 Å². The maximum Gasteiger partial charge on any atom is 0.243 e. The molecule has 8 nitrogen and oxygen atoms in total. The summed E-state index contributed by atoms with van der Waals surface area (Å²) < 4.78 is 0.839. The average molecular weight is 487 g/mol. The van der Waals surface area contributed by atoms with Crippen molar-refractivity contribution in [3.63, 3.8) is 0 Å². The highest BCUT2D eigenvalue weighted by Crippen LogP contribution is 2.13. The molecule has 3 rings (SSSR count). The first-order valence-electron chi connectivity index (χ1n) is 9.79. The molecule has 1 fully saturated rings. The molecule has 0 bridgehead atoms. The number of hydrogen-bond donors (Lipinski definition) is 4. The number of amides is 4. The molecule has 2 aromatic rings. The van der Waals surface area contributed by atoms with Crippen LogP contribution in [0, 0.1) is 0 Å². The maximum absolute atomic E-state index is 12.4. The smallest absolute Gasteiger partial charge is 0.243 e. The quantitative estimate of drug-likeness (QED) is 0.434. The molecule has 3 atom stereocenters. The monoisotopic (exact) mass is 486 g/mol. The molecule has 1 saturated heterocycles. The molecular formula is C22H23BrN4O4. The molecule has 1 aliphatic heterocycles. The zero-order chi connectivity index (χ0) is 22.4. The van der Waals surface area contributed by atoms with E-state index in [0.29, 0.717) is 6.42 Å². The molecule has 0 radical (unpaired) electrons. The van der Waals surface area contributed by atoms with E-state index in [2.05, 4.69) is 31.9 Å². The van der Waals surface area contributed by atoms with Crippen molar-refractivity contribution in [2.24, 2.45) is 5.73 Å². The Morgan fingerprint density at radius 2 is 1.61 bits per heavy atom. The summed E-state index contributed by atoms with van der Waals surface area (Å²) in [5, 5.41) is 7.82. The third-order valence-electron chi connectivity index (χ3n) is 4.95. The zero-order valence-electron chi connectivity index (χ0n) is 16.6. The van der Waals surface area contributed by atoms with Gasteiger partial charge in [-0.15, -0.1) is 0 Å². The van der Waals surface area contributed by atoms with Gasteiger partial charge in [-0.3, -0.25) is 19.2 Å². The largest absolute Gasteiger partial charge is 0.368 e. The van der Waals surface area contributed by atoms with E-state index in [0.717, 1.165) is 15.6 Å². The molecule has 0 saturated carbocycles. The number of primary amides is 1. The fraction of sp³-hybridized carbons (Fsp3) is 0.273. The van der Waals surface area contributed by atoms with E-state index < -0.39 is 35.8 Å². The van der Waals surface area contributed by atoms with Gasteiger partial charge in [-0.2, -0.15) is 0 Å². The van der Waals surface area contributed by atoms with Gasteiger partial charge in [0, 0.05) is 17.3 Å². The van der Waals surface area contributed by atoms with Crippen molar-refractivity contribution in [2.45, 2.75) is 37.4 Å². The summed E-state index contributed by atoms with van der Waals surface area (Å²) in [6.45, 7) is 0. The Labute approximate surface area is 188 Å². The van der Waals surface area contributed by atoms with Crippen LogP contribution in [-0.4, -0.2) is 41.8 Å². The van der Waals surface area contributed by atoms with E-state index in [1.54, 1.807) is 0 Å². The summed E-state index contributed by atoms with van der Waals surface area (Å²) >= 11 is 3.36. The van der Waals surface area contributed by atoms with E-state index in [4.69, 9.17) is 5.73 Å². The van der Waals surface area contributed by atoms with Gasteiger partial charge in [-0.1, -0.05) is 58.4 Å². The predicted octanol–water partition coefficient (Wildman–Crippen LogP) is 0.578. The second-order valence-electron chi connectivity index (χ2n) is 7.37. The van der Waals surface area contributed by atoms with Gasteiger partial charge in [-0.05, 0) is 23.3 Å². The van der Waals surface area contributed by atoms with Crippen molar-refractivity contribution in [3.8, 4) is 0 Å². The Bertz CT molecular complexity index is 982. The SMILES string of the molecule is NC(=O)[C@@H](Cc1cccc(Br)c1)NC(=O)C[C@@H]1NC(=O)[C@H](Cc2ccccc2)NC1=O. The van der Waals surface area contributed by atoms with Crippen LogP contribution in [0.5, 0.6) is 0 Å². The molecular weight excluding hydrogens is 464 g/mol. The maximum atomic E-state index is 12.4. The summed E-state index contributed by atoms with van der Waals surface area (Å²) in [6.07, 6.45) is 0.272. The molecule has 5 N–H and O–H groups in total. The number of carbonyl (C=O) groups is 4. The molecule has 0 unspecified atom stereocenters. The van der Waals surface area contributed by atoms with Crippen LogP contribution in [-0.2, 0) is 32.0 Å². The lowest BCUT2D eigenvalue weighted by molar-refractivity contribution is -0.138. The molecule has 4 amide bonds. The molecule has 162 valence electrons. The van der Waals surface area contributed by atoms with E-state index in [-0.39, 0.29) is 18.7 Å². The molecule has 0 aliphatic carbocycles. The van der Waals surface area contributed by atoms with Crippen molar-refractivity contribution >= 4 is 39.6 Å². The number of benzene rings is 2. The summed E-state index contributed by atoms with van der Waals surface area (Å²) in [4.78, 5) is 49.1. The number of nitrogens with one attached hydrogen (secondary N) is 3. The van der Waals surface area contributed by atoms with Crippen molar-refractivity contribution < 1.29 is 19.2 Å². The minimum Gasteiger partial charge on any atom is -0.368 e. The predicted molar refractivity (Wildman–Crippen MR) is 118 cm³/mol. The van der Waals surface area contributed by atoms with Crippen LogP contribution in [0.1, 0.15) is 17.5 Å².